The van der Waals surface area contributed by atoms with Crippen LogP contribution < -0.4 is 4.90 Å². The Hall–Kier alpha value is -1.23. The van der Waals surface area contributed by atoms with Crippen molar-refractivity contribution in [3.63, 3.8) is 0 Å². The molecule has 2 aliphatic rings. The Morgan fingerprint density at radius 3 is 2.18 bits per heavy atom. The van der Waals surface area contributed by atoms with Gasteiger partial charge in [0, 0.05) is 37.9 Å². The van der Waals surface area contributed by atoms with Crippen LogP contribution in [0.15, 0.2) is 18.2 Å². The van der Waals surface area contributed by atoms with Crippen LogP contribution >= 0.6 is 0 Å². The van der Waals surface area contributed by atoms with E-state index < -0.39 is 11.7 Å². The summed E-state index contributed by atoms with van der Waals surface area (Å²) >= 11 is 0. The second-order valence-electron chi connectivity index (χ2n) is 6.52. The average Bonchev–Trinajstić information content (AvgIpc) is 3.00. The molecule has 0 radical (unpaired) electrons. The van der Waals surface area contributed by atoms with E-state index in [1.165, 1.54) is 37.8 Å². The van der Waals surface area contributed by atoms with Crippen molar-refractivity contribution in [1.29, 1.82) is 0 Å². The van der Waals surface area contributed by atoms with E-state index in [1.807, 2.05) is 6.07 Å². The van der Waals surface area contributed by atoms with E-state index in [0.717, 1.165) is 26.2 Å². The molecule has 1 aliphatic carbocycles. The van der Waals surface area contributed by atoms with Crippen molar-refractivity contribution in [1.82, 2.24) is 4.90 Å². The first kappa shape index (κ1) is 15.7. The van der Waals surface area contributed by atoms with Gasteiger partial charge in [0.2, 0.25) is 0 Å². The highest BCUT2D eigenvalue weighted by atomic mass is 19.4. The molecule has 0 bridgehead atoms. The van der Waals surface area contributed by atoms with Crippen LogP contribution in [0.2, 0.25) is 0 Å². The molecule has 1 aliphatic heterocycles. The number of hydrogen-bond acceptors (Lipinski definition) is 2. The summed E-state index contributed by atoms with van der Waals surface area (Å²) in [5.41, 5.74) is 0.835. The number of rotatable bonds is 2. The molecule has 0 atom stereocenters. The molecular weight excluding hydrogens is 289 g/mol. The lowest BCUT2D eigenvalue weighted by atomic mass is 10.1. The Morgan fingerprint density at radius 2 is 1.59 bits per heavy atom. The van der Waals surface area contributed by atoms with Gasteiger partial charge in [-0.2, -0.15) is 13.2 Å². The maximum atomic E-state index is 13.0. The van der Waals surface area contributed by atoms with E-state index in [9.17, 15) is 13.2 Å². The SMILES string of the molecule is Cc1cc(N2CCN(C3CCCC3)CC2)cc(C(F)(F)F)c1. The third kappa shape index (κ3) is 3.40. The Balaban J connectivity index is 1.69. The number of hydrogen-bond donors (Lipinski definition) is 0. The zero-order valence-corrected chi connectivity index (χ0v) is 13.0. The lowest BCUT2D eigenvalue weighted by molar-refractivity contribution is -0.137. The van der Waals surface area contributed by atoms with Crippen molar-refractivity contribution in [2.45, 2.75) is 44.8 Å². The van der Waals surface area contributed by atoms with Gasteiger partial charge in [0.1, 0.15) is 0 Å². The van der Waals surface area contributed by atoms with Crippen LogP contribution in [-0.4, -0.2) is 37.1 Å². The van der Waals surface area contributed by atoms with Gasteiger partial charge in [-0.1, -0.05) is 12.8 Å². The number of aryl methyl sites for hydroxylation is 1. The minimum Gasteiger partial charge on any atom is -0.369 e. The maximum absolute atomic E-state index is 13.0. The normalized spacial score (nSPS) is 21.5. The summed E-state index contributed by atoms with van der Waals surface area (Å²) in [4.78, 5) is 4.61. The lowest BCUT2D eigenvalue weighted by Gasteiger charge is -2.39. The molecule has 0 aromatic heterocycles. The topological polar surface area (TPSA) is 6.48 Å². The van der Waals surface area contributed by atoms with Gasteiger partial charge in [-0.3, -0.25) is 4.90 Å². The Kier molecular flexibility index (Phi) is 4.35. The van der Waals surface area contributed by atoms with Crippen molar-refractivity contribution in [2.24, 2.45) is 0 Å². The summed E-state index contributed by atoms with van der Waals surface area (Å²) in [6.07, 6.45) is 0.924. The molecule has 1 aromatic carbocycles. The fourth-order valence-electron chi connectivity index (χ4n) is 3.72. The van der Waals surface area contributed by atoms with Crippen LogP contribution in [0.4, 0.5) is 18.9 Å². The summed E-state index contributed by atoms with van der Waals surface area (Å²) in [7, 11) is 0. The molecule has 0 N–H and O–H groups in total. The lowest BCUT2D eigenvalue weighted by Crippen LogP contribution is -2.49. The van der Waals surface area contributed by atoms with E-state index in [4.69, 9.17) is 0 Å². The number of halogens is 3. The van der Waals surface area contributed by atoms with E-state index in [1.54, 1.807) is 6.92 Å². The van der Waals surface area contributed by atoms with Crippen molar-refractivity contribution in [2.75, 3.05) is 31.1 Å². The third-order valence-electron chi connectivity index (χ3n) is 4.91. The molecule has 5 heteroatoms. The van der Waals surface area contributed by atoms with Gasteiger partial charge in [0.05, 0.1) is 5.56 Å². The molecule has 3 rings (SSSR count). The molecular formula is C17H23F3N2. The predicted octanol–water partition coefficient (Wildman–Crippen LogP) is 4.08. The molecule has 1 heterocycles. The summed E-state index contributed by atoms with van der Waals surface area (Å²) < 4.78 is 38.9. The number of nitrogens with zero attached hydrogens (tertiary/aromatic N) is 2. The first-order valence-corrected chi connectivity index (χ1v) is 8.11. The number of benzene rings is 1. The van der Waals surface area contributed by atoms with Gasteiger partial charge in [0.15, 0.2) is 0 Å². The first-order chi connectivity index (χ1) is 10.4. The second-order valence-corrected chi connectivity index (χ2v) is 6.52. The summed E-state index contributed by atoms with van der Waals surface area (Å²) in [6.45, 7) is 5.28. The molecule has 122 valence electrons. The molecule has 0 amide bonds. The Bertz CT molecular complexity index is 513. The summed E-state index contributed by atoms with van der Waals surface area (Å²) in [5, 5.41) is 0. The highest BCUT2D eigenvalue weighted by Crippen LogP contribution is 2.33. The standard InChI is InChI=1S/C17H23F3N2/c1-13-10-14(17(18,19)20)12-16(11-13)22-8-6-21(7-9-22)15-4-2-3-5-15/h10-12,15H,2-9H2,1H3. The van der Waals surface area contributed by atoms with Crippen LogP contribution in [0, 0.1) is 6.92 Å². The van der Waals surface area contributed by atoms with Crippen LogP contribution in [-0.2, 0) is 6.18 Å². The molecule has 0 spiro atoms. The quantitative estimate of drug-likeness (QED) is 0.812. The van der Waals surface area contributed by atoms with E-state index in [0.29, 0.717) is 17.3 Å². The number of piperazine rings is 1. The van der Waals surface area contributed by atoms with Crippen LogP contribution in [0.3, 0.4) is 0 Å². The largest absolute Gasteiger partial charge is 0.416 e. The summed E-state index contributed by atoms with van der Waals surface area (Å²) in [6, 6.07) is 5.07. The van der Waals surface area contributed by atoms with E-state index in [2.05, 4.69) is 9.80 Å². The summed E-state index contributed by atoms with van der Waals surface area (Å²) in [5.74, 6) is 0. The Labute approximate surface area is 129 Å². The van der Waals surface area contributed by atoms with Crippen LogP contribution in [0.25, 0.3) is 0 Å². The van der Waals surface area contributed by atoms with Gasteiger partial charge in [-0.05, 0) is 43.5 Å². The molecule has 0 unspecified atom stereocenters. The van der Waals surface area contributed by atoms with Gasteiger partial charge in [-0.15, -0.1) is 0 Å². The second kappa shape index (κ2) is 6.11. The minimum atomic E-state index is -4.27. The molecule has 1 saturated heterocycles. The highest BCUT2D eigenvalue weighted by Gasteiger charge is 2.32. The Morgan fingerprint density at radius 1 is 0.955 bits per heavy atom. The predicted molar refractivity (Wildman–Crippen MR) is 82.2 cm³/mol. The van der Waals surface area contributed by atoms with Crippen molar-refractivity contribution < 1.29 is 13.2 Å². The number of anilines is 1. The van der Waals surface area contributed by atoms with Crippen molar-refractivity contribution in [3.05, 3.63) is 29.3 Å². The first-order valence-electron chi connectivity index (χ1n) is 8.11. The van der Waals surface area contributed by atoms with Crippen molar-refractivity contribution in [3.8, 4) is 0 Å². The third-order valence-corrected chi connectivity index (χ3v) is 4.91. The minimum absolute atomic E-state index is 0.541. The smallest absolute Gasteiger partial charge is 0.369 e. The van der Waals surface area contributed by atoms with Gasteiger partial charge in [0.25, 0.3) is 0 Å². The zero-order valence-electron chi connectivity index (χ0n) is 13.0. The number of alkyl halides is 3. The monoisotopic (exact) mass is 312 g/mol. The van der Waals surface area contributed by atoms with Crippen molar-refractivity contribution >= 4 is 5.69 Å². The fourth-order valence-corrected chi connectivity index (χ4v) is 3.72. The van der Waals surface area contributed by atoms with E-state index >= 15 is 0 Å². The fraction of sp³-hybridized carbons (Fsp3) is 0.647. The highest BCUT2D eigenvalue weighted by molar-refractivity contribution is 5.52. The zero-order chi connectivity index (χ0) is 15.7. The van der Waals surface area contributed by atoms with Crippen LogP contribution in [0.1, 0.15) is 36.8 Å². The van der Waals surface area contributed by atoms with Gasteiger partial charge in [-0.25, -0.2) is 0 Å². The molecule has 2 nitrogen and oxygen atoms in total. The van der Waals surface area contributed by atoms with E-state index in [-0.39, 0.29) is 0 Å². The molecule has 1 aromatic rings. The van der Waals surface area contributed by atoms with Gasteiger partial charge < -0.3 is 4.90 Å². The maximum Gasteiger partial charge on any atom is 0.416 e. The van der Waals surface area contributed by atoms with Gasteiger partial charge >= 0.3 is 6.18 Å². The average molecular weight is 312 g/mol. The molecule has 1 saturated carbocycles. The molecule has 2 fully saturated rings. The molecule has 22 heavy (non-hydrogen) atoms. The van der Waals surface area contributed by atoms with Crippen LogP contribution in [0.5, 0.6) is 0 Å².